The molecule has 5 nitrogen and oxygen atoms in total. The van der Waals surface area contributed by atoms with Crippen LogP contribution in [0.3, 0.4) is 0 Å². The zero-order chi connectivity index (χ0) is 20.8. The smallest absolute Gasteiger partial charge is 0.256 e. The molecule has 3 aromatic rings. The summed E-state index contributed by atoms with van der Waals surface area (Å²) in [4.78, 5) is 19.4. The molecule has 1 fully saturated rings. The molecule has 1 aliphatic rings. The second-order valence-corrected chi connectivity index (χ2v) is 9.73. The van der Waals surface area contributed by atoms with E-state index in [0.29, 0.717) is 34.6 Å². The van der Waals surface area contributed by atoms with Crippen LogP contribution in [0.5, 0.6) is 0 Å². The minimum absolute atomic E-state index is 0.0196. The van der Waals surface area contributed by atoms with Gasteiger partial charge in [-0.05, 0) is 56.5 Å². The van der Waals surface area contributed by atoms with Gasteiger partial charge >= 0.3 is 0 Å². The van der Waals surface area contributed by atoms with Crippen molar-refractivity contribution in [1.29, 1.82) is 0 Å². The maximum Gasteiger partial charge on any atom is 0.256 e. The van der Waals surface area contributed by atoms with Crippen LogP contribution in [0.25, 0.3) is 10.9 Å². The summed E-state index contributed by atoms with van der Waals surface area (Å²) in [5.74, 6) is -0.305. The number of amides is 1. The standard InChI is InChI=1S/C22H21ClN2O3S/c1-14-5-8-20(15(2)11-14)29(27,28)21-17-12-16(23)6-7-19(17)24-13-18(21)22(26)25-9-3-4-10-25/h5-8,11-13H,3-4,9-10H2,1-2H3. The van der Waals surface area contributed by atoms with E-state index in [4.69, 9.17) is 11.6 Å². The average molecular weight is 429 g/mol. The Hall–Kier alpha value is -2.44. The second kappa shape index (κ2) is 7.43. The molecule has 0 bridgehead atoms. The lowest BCUT2D eigenvalue weighted by atomic mass is 10.1. The molecule has 7 heteroatoms. The number of hydrogen-bond acceptors (Lipinski definition) is 4. The average Bonchev–Trinajstić information content (AvgIpc) is 3.20. The van der Waals surface area contributed by atoms with Crippen LogP contribution in [-0.2, 0) is 9.84 Å². The molecule has 2 heterocycles. The molecule has 1 aromatic heterocycles. The fraction of sp³-hybridized carbons (Fsp3) is 0.273. The third kappa shape index (κ3) is 3.51. The van der Waals surface area contributed by atoms with Crippen molar-refractivity contribution in [3.05, 3.63) is 64.3 Å². The van der Waals surface area contributed by atoms with Crippen LogP contribution in [0.2, 0.25) is 5.02 Å². The lowest BCUT2D eigenvalue weighted by molar-refractivity contribution is 0.0789. The van der Waals surface area contributed by atoms with E-state index in [2.05, 4.69) is 4.98 Å². The number of halogens is 1. The SMILES string of the molecule is Cc1ccc(S(=O)(=O)c2c(C(=O)N3CCCC3)cnc3ccc(Cl)cc23)c(C)c1. The molecule has 0 aliphatic carbocycles. The first-order chi connectivity index (χ1) is 13.8. The van der Waals surface area contributed by atoms with Gasteiger partial charge in [0.05, 0.1) is 20.9 Å². The lowest BCUT2D eigenvalue weighted by Gasteiger charge is -2.19. The minimum atomic E-state index is -3.98. The first-order valence-corrected chi connectivity index (χ1v) is 11.3. The Morgan fingerprint density at radius 2 is 1.79 bits per heavy atom. The summed E-state index contributed by atoms with van der Waals surface area (Å²) in [7, 11) is -3.98. The molecule has 1 saturated heterocycles. The van der Waals surface area contributed by atoms with Gasteiger partial charge in [0.1, 0.15) is 0 Å². The summed E-state index contributed by atoms with van der Waals surface area (Å²) in [5, 5.41) is 0.754. The molecule has 0 spiro atoms. The minimum Gasteiger partial charge on any atom is -0.339 e. The van der Waals surface area contributed by atoms with E-state index in [1.807, 2.05) is 13.0 Å². The number of benzene rings is 2. The molecule has 0 N–H and O–H groups in total. The molecule has 0 saturated carbocycles. The molecule has 0 unspecified atom stereocenters. The van der Waals surface area contributed by atoms with Crippen LogP contribution in [0, 0.1) is 13.8 Å². The van der Waals surface area contributed by atoms with Gasteiger partial charge in [0.25, 0.3) is 5.91 Å². The number of carbonyl (C=O) groups excluding carboxylic acids is 1. The van der Waals surface area contributed by atoms with E-state index in [1.165, 1.54) is 6.20 Å². The monoisotopic (exact) mass is 428 g/mol. The van der Waals surface area contributed by atoms with Crippen molar-refractivity contribution in [3.63, 3.8) is 0 Å². The van der Waals surface area contributed by atoms with Crippen LogP contribution in [-0.4, -0.2) is 37.3 Å². The summed E-state index contributed by atoms with van der Waals surface area (Å²) >= 11 is 6.18. The molecule has 1 aliphatic heterocycles. The van der Waals surface area contributed by atoms with Gasteiger partial charge < -0.3 is 4.90 Å². The number of hydrogen-bond donors (Lipinski definition) is 0. The van der Waals surface area contributed by atoms with Gasteiger partial charge in [-0.3, -0.25) is 9.78 Å². The van der Waals surface area contributed by atoms with Crippen molar-refractivity contribution in [3.8, 4) is 0 Å². The van der Waals surface area contributed by atoms with Crippen LogP contribution < -0.4 is 0 Å². The molecule has 1 amide bonds. The van der Waals surface area contributed by atoms with Crippen molar-refractivity contribution in [1.82, 2.24) is 9.88 Å². The Kier molecular flexibility index (Phi) is 5.09. The Balaban J connectivity index is 2.03. The number of rotatable bonds is 3. The van der Waals surface area contributed by atoms with Gasteiger partial charge in [-0.25, -0.2) is 8.42 Å². The highest BCUT2D eigenvalue weighted by Gasteiger charge is 2.31. The van der Waals surface area contributed by atoms with E-state index >= 15 is 0 Å². The van der Waals surface area contributed by atoms with Crippen molar-refractivity contribution in [2.45, 2.75) is 36.5 Å². The molecular formula is C22H21ClN2O3S. The number of nitrogens with zero attached hydrogens (tertiary/aromatic N) is 2. The Morgan fingerprint density at radius 1 is 1.07 bits per heavy atom. The predicted octanol–water partition coefficient (Wildman–Crippen LogP) is 4.57. The largest absolute Gasteiger partial charge is 0.339 e. The zero-order valence-electron chi connectivity index (χ0n) is 16.3. The number of fused-ring (bicyclic) bond motifs is 1. The molecule has 150 valence electrons. The number of sulfone groups is 1. The fourth-order valence-corrected chi connectivity index (χ4v) is 5.89. The summed E-state index contributed by atoms with van der Waals surface area (Å²) in [6.07, 6.45) is 3.21. The van der Waals surface area contributed by atoms with Gasteiger partial charge in [-0.1, -0.05) is 29.3 Å². The highest BCUT2D eigenvalue weighted by atomic mass is 35.5. The zero-order valence-corrected chi connectivity index (χ0v) is 17.8. The summed E-state index contributed by atoms with van der Waals surface area (Å²) in [6.45, 7) is 4.91. The number of aryl methyl sites for hydroxylation is 2. The van der Waals surface area contributed by atoms with Gasteiger partial charge in [-0.2, -0.15) is 0 Å². The van der Waals surface area contributed by atoms with Crippen molar-refractivity contribution >= 4 is 38.2 Å². The number of pyridine rings is 1. The lowest BCUT2D eigenvalue weighted by Crippen LogP contribution is -2.29. The van der Waals surface area contributed by atoms with Crippen LogP contribution >= 0.6 is 11.6 Å². The molecule has 2 aromatic carbocycles. The van der Waals surface area contributed by atoms with Crippen molar-refractivity contribution < 1.29 is 13.2 Å². The Bertz CT molecular complexity index is 1230. The first kappa shape index (κ1) is 19.9. The maximum atomic E-state index is 13.8. The van der Waals surface area contributed by atoms with Crippen LogP contribution in [0.1, 0.15) is 34.3 Å². The topological polar surface area (TPSA) is 67.3 Å². The summed E-state index contributed by atoms with van der Waals surface area (Å²) in [6, 6.07) is 10.1. The van der Waals surface area contributed by atoms with Crippen LogP contribution in [0.4, 0.5) is 0 Å². The maximum absolute atomic E-state index is 13.8. The second-order valence-electron chi connectivity index (χ2n) is 7.43. The van der Waals surface area contributed by atoms with Gasteiger partial charge in [0.15, 0.2) is 0 Å². The van der Waals surface area contributed by atoms with E-state index < -0.39 is 9.84 Å². The van der Waals surface area contributed by atoms with E-state index in [1.54, 1.807) is 42.2 Å². The third-order valence-corrected chi connectivity index (χ3v) is 7.54. The van der Waals surface area contributed by atoms with E-state index in [0.717, 1.165) is 18.4 Å². The van der Waals surface area contributed by atoms with Crippen molar-refractivity contribution in [2.24, 2.45) is 0 Å². The number of likely N-dealkylation sites (tertiary alicyclic amines) is 1. The Labute approximate surface area is 175 Å². The quantitative estimate of drug-likeness (QED) is 0.612. The number of aromatic nitrogens is 1. The molecule has 29 heavy (non-hydrogen) atoms. The van der Waals surface area contributed by atoms with Gasteiger partial charge in [0.2, 0.25) is 9.84 Å². The van der Waals surface area contributed by atoms with E-state index in [-0.39, 0.29) is 21.3 Å². The van der Waals surface area contributed by atoms with Crippen LogP contribution in [0.15, 0.2) is 52.4 Å². The number of carbonyl (C=O) groups is 1. The van der Waals surface area contributed by atoms with E-state index in [9.17, 15) is 13.2 Å². The first-order valence-electron chi connectivity index (χ1n) is 9.49. The highest BCUT2D eigenvalue weighted by Crippen LogP contribution is 2.34. The molecular weight excluding hydrogens is 408 g/mol. The molecule has 0 radical (unpaired) electrons. The van der Waals surface area contributed by atoms with Gasteiger partial charge in [0, 0.05) is 29.7 Å². The Morgan fingerprint density at radius 3 is 2.48 bits per heavy atom. The summed E-state index contributed by atoms with van der Waals surface area (Å²) in [5.41, 5.74) is 2.19. The summed E-state index contributed by atoms with van der Waals surface area (Å²) < 4.78 is 27.6. The molecule has 4 rings (SSSR count). The fourth-order valence-electron chi connectivity index (χ4n) is 3.88. The van der Waals surface area contributed by atoms with Gasteiger partial charge in [-0.15, -0.1) is 0 Å². The molecule has 0 atom stereocenters. The van der Waals surface area contributed by atoms with Crippen molar-refractivity contribution in [2.75, 3.05) is 13.1 Å². The normalized spacial score (nSPS) is 14.5. The predicted molar refractivity (Wildman–Crippen MR) is 113 cm³/mol. The third-order valence-electron chi connectivity index (χ3n) is 5.29. The highest BCUT2D eigenvalue weighted by molar-refractivity contribution is 7.91.